The molecular weight excluding hydrogens is 392 g/mol. The van der Waals surface area contributed by atoms with Gasteiger partial charge in [0.15, 0.2) is 6.61 Å². The quantitative estimate of drug-likeness (QED) is 0.712. The summed E-state index contributed by atoms with van der Waals surface area (Å²) in [5.41, 5.74) is 0.871. The Morgan fingerprint density at radius 2 is 1.72 bits per heavy atom. The van der Waals surface area contributed by atoms with Crippen LogP contribution in [0, 0.1) is 0 Å². The third-order valence-electron chi connectivity index (χ3n) is 4.82. The third-order valence-corrected chi connectivity index (χ3v) is 6.73. The molecule has 0 unspecified atom stereocenters. The van der Waals surface area contributed by atoms with Gasteiger partial charge in [-0.05, 0) is 43.2 Å². The topological polar surface area (TPSA) is 84.9 Å². The molecule has 2 aromatic carbocycles. The highest BCUT2D eigenvalue weighted by molar-refractivity contribution is 7.89. The molecule has 0 atom stereocenters. The Morgan fingerprint density at radius 3 is 2.41 bits per heavy atom. The van der Waals surface area contributed by atoms with E-state index in [9.17, 15) is 13.2 Å². The molecule has 1 saturated heterocycles. The van der Waals surface area contributed by atoms with Crippen molar-refractivity contribution in [3.8, 4) is 11.5 Å². The monoisotopic (exact) mass is 418 g/mol. The Balaban J connectivity index is 1.51. The van der Waals surface area contributed by atoms with Crippen molar-refractivity contribution in [2.75, 3.05) is 26.8 Å². The van der Waals surface area contributed by atoms with Gasteiger partial charge >= 0.3 is 0 Å². The second kappa shape index (κ2) is 9.76. The summed E-state index contributed by atoms with van der Waals surface area (Å²) in [6.45, 7) is 1.30. The molecule has 1 heterocycles. The fraction of sp³-hybridized carbons (Fsp3) is 0.381. The standard InChI is InChI=1S/C21H26N2O5S/c1-27-20-8-4-3-7-17(20)15-22-21(24)16-28-18-9-11-19(12-10-18)29(25,26)23-13-5-2-6-14-23/h3-4,7-12H,2,5-6,13-16H2,1H3,(H,22,24). The van der Waals surface area contributed by atoms with E-state index < -0.39 is 10.0 Å². The number of ether oxygens (including phenoxy) is 2. The van der Waals surface area contributed by atoms with Gasteiger partial charge in [-0.25, -0.2) is 8.42 Å². The van der Waals surface area contributed by atoms with E-state index in [-0.39, 0.29) is 17.4 Å². The van der Waals surface area contributed by atoms with Gasteiger partial charge in [-0.1, -0.05) is 24.6 Å². The fourth-order valence-electron chi connectivity index (χ4n) is 3.20. The van der Waals surface area contributed by atoms with Crippen LogP contribution in [-0.2, 0) is 21.4 Å². The molecule has 7 nitrogen and oxygen atoms in total. The van der Waals surface area contributed by atoms with E-state index in [1.54, 1.807) is 19.2 Å². The number of nitrogens with one attached hydrogen (secondary N) is 1. The second-order valence-corrected chi connectivity index (χ2v) is 8.75. The summed E-state index contributed by atoms with van der Waals surface area (Å²) in [5, 5.41) is 2.78. The summed E-state index contributed by atoms with van der Waals surface area (Å²) in [6.07, 6.45) is 2.85. The van der Waals surface area contributed by atoms with E-state index in [1.807, 2.05) is 24.3 Å². The van der Waals surface area contributed by atoms with E-state index in [0.29, 0.717) is 31.1 Å². The highest BCUT2D eigenvalue weighted by Crippen LogP contribution is 2.22. The summed E-state index contributed by atoms with van der Waals surface area (Å²) in [7, 11) is -1.89. The highest BCUT2D eigenvalue weighted by atomic mass is 32.2. The average Bonchev–Trinajstić information content (AvgIpc) is 2.77. The zero-order valence-electron chi connectivity index (χ0n) is 16.5. The van der Waals surface area contributed by atoms with Gasteiger partial charge in [0.05, 0.1) is 12.0 Å². The van der Waals surface area contributed by atoms with Gasteiger partial charge in [-0.3, -0.25) is 4.79 Å². The van der Waals surface area contributed by atoms with Crippen LogP contribution < -0.4 is 14.8 Å². The number of benzene rings is 2. The van der Waals surface area contributed by atoms with E-state index in [4.69, 9.17) is 9.47 Å². The molecule has 0 radical (unpaired) electrons. The molecule has 1 fully saturated rings. The van der Waals surface area contributed by atoms with Crippen molar-refractivity contribution in [3.05, 3.63) is 54.1 Å². The number of piperidine rings is 1. The number of hydrogen-bond donors (Lipinski definition) is 1. The van der Waals surface area contributed by atoms with Crippen LogP contribution in [0.1, 0.15) is 24.8 Å². The Labute approximate surface area is 171 Å². The minimum absolute atomic E-state index is 0.159. The van der Waals surface area contributed by atoms with Crippen LogP contribution >= 0.6 is 0 Å². The van der Waals surface area contributed by atoms with Crippen molar-refractivity contribution in [2.45, 2.75) is 30.7 Å². The van der Waals surface area contributed by atoms with Gasteiger partial charge in [0.25, 0.3) is 5.91 Å². The smallest absolute Gasteiger partial charge is 0.258 e. The first-order valence-electron chi connectivity index (χ1n) is 9.62. The summed E-state index contributed by atoms with van der Waals surface area (Å²) in [5.74, 6) is 0.871. The predicted molar refractivity (Wildman–Crippen MR) is 109 cm³/mol. The molecule has 156 valence electrons. The SMILES string of the molecule is COc1ccccc1CNC(=O)COc1ccc(S(=O)(=O)N2CCCCC2)cc1. The van der Waals surface area contributed by atoms with Gasteiger partial charge in [0, 0.05) is 25.2 Å². The second-order valence-electron chi connectivity index (χ2n) is 6.81. The molecule has 1 N–H and O–H groups in total. The lowest BCUT2D eigenvalue weighted by Gasteiger charge is -2.25. The number of amides is 1. The summed E-state index contributed by atoms with van der Waals surface area (Å²) >= 11 is 0. The lowest BCUT2D eigenvalue weighted by atomic mass is 10.2. The maximum atomic E-state index is 12.6. The number of para-hydroxylation sites is 1. The molecule has 1 aliphatic rings. The number of sulfonamides is 1. The number of hydrogen-bond acceptors (Lipinski definition) is 5. The van der Waals surface area contributed by atoms with Crippen molar-refractivity contribution in [2.24, 2.45) is 0 Å². The molecule has 29 heavy (non-hydrogen) atoms. The van der Waals surface area contributed by atoms with Gasteiger partial charge < -0.3 is 14.8 Å². The normalized spacial score (nSPS) is 14.9. The third kappa shape index (κ3) is 5.48. The highest BCUT2D eigenvalue weighted by Gasteiger charge is 2.25. The summed E-state index contributed by atoms with van der Waals surface area (Å²) in [6, 6.07) is 13.6. The average molecular weight is 419 g/mol. The number of carbonyl (C=O) groups excluding carboxylic acids is 1. The maximum Gasteiger partial charge on any atom is 0.258 e. The van der Waals surface area contributed by atoms with Crippen LogP contribution in [-0.4, -0.2) is 45.4 Å². The Morgan fingerprint density at radius 1 is 1.03 bits per heavy atom. The van der Waals surface area contributed by atoms with Crippen LogP contribution in [0.25, 0.3) is 0 Å². The lowest BCUT2D eigenvalue weighted by Crippen LogP contribution is -2.35. The first kappa shape index (κ1) is 21.1. The molecule has 8 heteroatoms. The molecule has 3 rings (SSSR count). The molecule has 0 bridgehead atoms. The lowest BCUT2D eigenvalue weighted by molar-refractivity contribution is -0.123. The van der Waals surface area contributed by atoms with E-state index in [1.165, 1.54) is 16.4 Å². The van der Waals surface area contributed by atoms with Gasteiger partial charge in [0.1, 0.15) is 11.5 Å². The van der Waals surface area contributed by atoms with E-state index in [2.05, 4.69) is 5.32 Å². The summed E-state index contributed by atoms with van der Waals surface area (Å²) in [4.78, 5) is 12.3. The molecular formula is C21H26N2O5S. The number of methoxy groups -OCH3 is 1. The van der Waals surface area contributed by atoms with Crippen molar-refractivity contribution in [1.29, 1.82) is 0 Å². The predicted octanol–water partition coefficient (Wildman–Crippen LogP) is 2.57. The molecule has 0 spiro atoms. The van der Waals surface area contributed by atoms with Gasteiger partial charge in [-0.2, -0.15) is 4.31 Å². The zero-order chi connectivity index (χ0) is 20.7. The van der Waals surface area contributed by atoms with E-state index >= 15 is 0 Å². The summed E-state index contributed by atoms with van der Waals surface area (Å²) < 4.78 is 37.5. The van der Waals surface area contributed by atoms with Crippen LogP contribution in [0.15, 0.2) is 53.4 Å². The van der Waals surface area contributed by atoms with Crippen LogP contribution in [0.5, 0.6) is 11.5 Å². The van der Waals surface area contributed by atoms with Crippen molar-refractivity contribution >= 4 is 15.9 Å². The van der Waals surface area contributed by atoms with Crippen molar-refractivity contribution < 1.29 is 22.7 Å². The van der Waals surface area contributed by atoms with Crippen LogP contribution in [0.4, 0.5) is 0 Å². The number of rotatable bonds is 8. The Bertz CT molecular complexity index is 922. The van der Waals surface area contributed by atoms with Crippen LogP contribution in [0.3, 0.4) is 0 Å². The Hall–Kier alpha value is -2.58. The molecule has 0 saturated carbocycles. The van der Waals surface area contributed by atoms with Crippen molar-refractivity contribution in [1.82, 2.24) is 9.62 Å². The minimum atomic E-state index is -3.47. The van der Waals surface area contributed by atoms with E-state index in [0.717, 1.165) is 24.8 Å². The van der Waals surface area contributed by atoms with Gasteiger partial charge in [-0.15, -0.1) is 0 Å². The number of nitrogens with zero attached hydrogens (tertiary/aromatic N) is 1. The molecule has 0 aromatic heterocycles. The zero-order valence-corrected chi connectivity index (χ0v) is 17.3. The molecule has 1 amide bonds. The first-order valence-corrected chi connectivity index (χ1v) is 11.1. The first-order chi connectivity index (χ1) is 14.0. The minimum Gasteiger partial charge on any atom is -0.496 e. The van der Waals surface area contributed by atoms with Crippen LogP contribution in [0.2, 0.25) is 0 Å². The molecule has 2 aromatic rings. The van der Waals surface area contributed by atoms with Gasteiger partial charge in [0.2, 0.25) is 10.0 Å². The fourth-order valence-corrected chi connectivity index (χ4v) is 4.72. The molecule has 1 aliphatic heterocycles. The Kier molecular flexibility index (Phi) is 7.11. The molecule has 0 aliphatic carbocycles. The largest absolute Gasteiger partial charge is 0.496 e. The maximum absolute atomic E-state index is 12.6. The van der Waals surface area contributed by atoms with Crippen molar-refractivity contribution in [3.63, 3.8) is 0 Å². The number of carbonyl (C=O) groups is 1.